The summed E-state index contributed by atoms with van der Waals surface area (Å²) in [7, 11) is 0. The van der Waals surface area contributed by atoms with Gasteiger partial charge in [-0.25, -0.2) is 0 Å². The van der Waals surface area contributed by atoms with Crippen molar-refractivity contribution in [3.8, 4) is 0 Å². The molecule has 2 rings (SSSR count). The van der Waals surface area contributed by atoms with Gasteiger partial charge in [-0.3, -0.25) is 0 Å². The first-order valence-corrected chi connectivity index (χ1v) is 6.44. The van der Waals surface area contributed by atoms with Crippen LogP contribution in [0.15, 0.2) is 24.3 Å². The molecule has 2 aliphatic rings. The first-order valence-electron chi connectivity index (χ1n) is 6.44. The summed E-state index contributed by atoms with van der Waals surface area (Å²) < 4.78 is 6.44. The van der Waals surface area contributed by atoms with Crippen molar-refractivity contribution in [3.05, 3.63) is 24.3 Å². The van der Waals surface area contributed by atoms with E-state index in [9.17, 15) is 0 Å². The first kappa shape index (κ1) is 11.9. The van der Waals surface area contributed by atoms with Crippen LogP contribution in [0.2, 0.25) is 0 Å². The molecule has 1 saturated heterocycles. The van der Waals surface area contributed by atoms with Crippen LogP contribution in [0.3, 0.4) is 0 Å². The molecule has 1 heteroatoms. The van der Waals surface area contributed by atoms with Crippen LogP contribution in [-0.2, 0) is 4.74 Å². The van der Waals surface area contributed by atoms with Crippen molar-refractivity contribution in [2.45, 2.75) is 58.2 Å². The van der Waals surface area contributed by atoms with E-state index in [2.05, 4.69) is 40.3 Å². The lowest BCUT2D eigenvalue weighted by Crippen LogP contribution is -2.44. The van der Waals surface area contributed by atoms with E-state index >= 15 is 0 Å². The third kappa shape index (κ3) is 1.57. The van der Waals surface area contributed by atoms with E-state index < -0.39 is 0 Å². The Morgan fingerprint density at radius 2 is 2.12 bits per heavy atom. The molecule has 0 aromatic carbocycles. The van der Waals surface area contributed by atoms with Crippen LogP contribution < -0.4 is 0 Å². The summed E-state index contributed by atoms with van der Waals surface area (Å²) in [6, 6.07) is 0. The zero-order valence-electron chi connectivity index (χ0n) is 11.0. The third-order valence-corrected chi connectivity index (χ3v) is 4.89. The number of rotatable bonds is 1. The molecule has 90 valence electrons. The first-order chi connectivity index (χ1) is 7.43. The van der Waals surface area contributed by atoms with E-state index in [1.54, 1.807) is 0 Å². The van der Waals surface area contributed by atoms with Crippen molar-refractivity contribution >= 4 is 0 Å². The summed E-state index contributed by atoms with van der Waals surface area (Å²) in [6.45, 7) is 13.0. The Balaban J connectivity index is 2.34. The quantitative estimate of drug-likeness (QED) is 0.604. The average Bonchev–Trinajstić information content (AvgIpc) is 2.63. The van der Waals surface area contributed by atoms with Crippen molar-refractivity contribution in [2.75, 3.05) is 0 Å². The molecule has 1 heterocycles. The molecule has 1 aliphatic heterocycles. The summed E-state index contributed by atoms with van der Waals surface area (Å²) in [4.78, 5) is 0. The van der Waals surface area contributed by atoms with Gasteiger partial charge in [-0.05, 0) is 50.5 Å². The zero-order valence-corrected chi connectivity index (χ0v) is 11.0. The predicted octanol–water partition coefficient (Wildman–Crippen LogP) is 4.10. The lowest BCUT2D eigenvalue weighted by molar-refractivity contribution is -0.0924. The standard InChI is InChI=1S/C15H24O/c1-6-14(5)9-10-15(16-14)12(3)8-7-11(2)13(15)4/h6,8,11,13H,1,7,9-10H2,2-5H3/t11-,13-,14-,15-/m1/s1. The molecule has 0 saturated carbocycles. The van der Waals surface area contributed by atoms with Crippen LogP contribution in [0, 0.1) is 11.8 Å². The minimum atomic E-state index is -0.125. The topological polar surface area (TPSA) is 9.23 Å². The zero-order chi connectivity index (χ0) is 12.0. The number of hydrogen-bond acceptors (Lipinski definition) is 1. The molecule has 0 amide bonds. The van der Waals surface area contributed by atoms with Crippen LogP contribution in [0.5, 0.6) is 0 Å². The summed E-state index contributed by atoms with van der Waals surface area (Å²) >= 11 is 0. The van der Waals surface area contributed by atoms with Gasteiger partial charge in [-0.1, -0.05) is 26.0 Å². The molecular weight excluding hydrogens is 196 g/mol. The van der Waals surface area contributed by atoms with Crippen molar-refractivity contribution in [1.82, 2.24) is 0 Å². The second kappa shape index (κ2) is 3.73. The van der Waals surface area contributed by atoms with E-state index in [1.807, 2.05) is 6.08 Å². The van der Waals surface area contributed by atoms with Crippen molar-refractivity contribution in [3.63, 3.8) is 0 Å². The number of allylic oxidation sites excluding steroid dienone is 1. The molecule has 0 unspecified atom stereocenters. The lowest BCUT2D eigenvalue weighted by Gasteiger charge is -2.44. The molecule has 16 heavy (non-hydrogen) atoms. The fourth-order valence-electron chi connectivity index (χ4n) is 3.25. The molecular formula is C15H24O. The van der Waals surface area contributed by atoms with Crippen molar-refractivity contribution < 1.29 is 4.74 Å². The maximum absolute atomic E-state index is 6.44. The maximum Gasteiger partial charge on any atom is 0.0929 e. The molecule has 1 nitrogen and oxygen atoms in total. The van der Waals surface area contributed by atoms with E-state index in [4.69, 9.17) is 4.74 Å². The molecule has 0 aromatic heterocycles. The summed E-state index contributed by atoms with van der Waals surface area (Å²) in [6.07, 6.45) is 7.78. The van der Waals surface area contributed by atoms with E-state index in [1.165, 1.54) is 12.0 Å². The third-order valence-electron chi connectivity index (χ3n) is 4.89. The van der Waals surface area contributed by atoms with Crippen LogP contribution in [0.4, 0.5) is 0 Å². The Hall–Kier alpha value is -0.560. The van der Waals surface area contributed by atoms with Crippen LogP contribution >= 0.6 is 0 Å². The van der Waals surface area contributed by atoms with E-state index in [-0.39, 0.29) is 11.2 Å². The Labute approximate surface area is 99.6 Å². The van der Waals surface area contributed by atoms with Crippen molar-refractivity contribution in [1.29, 1.82) is 0 Å². The second-order valence-electron chi connectivity index (χ2n) is 5.90. The van der Waals surface area contributed by atoms with Crippen LogP contribution in [-0.4, -0.2) is 11.2 Å². The Kier molecular flexibility index (Phi) is 2.78. The normalized spacial score (nSPS) is 48.1. The molecule has 4 atom stereocenters. The summed E-state index contributed by atoms with van der Waals surface area (Å²) in [5.41, 5.74) is 1.30. The second-order valence-corrected chi connectivity index (χ2v) is 5.90. The molecule has 0 bridgehead atoms. The van der Waals surface area contributed by atoms with Gasteiger partial charge in [0.2, 0.25) is 0 Å². The van der Waals surface area contributed by atoms with Gasteiger partial charge < -0.3 is 4.74 Å². The molecule has 1 aliphatic carbocycles. The number of ether oxygens (including phenoxy) is 1. The SMILES string of the molecule is C=C[C@]1(C)CC[C@@]2(O1)C(C)=CC[C@@H](C)[C@H]2C. The number of hydrogen-bond donors (Lipinski definition) is 0. The highest BCUT2D eigenvalue weighted by atomic mass is 16.5. The molecule has 0 aromatic rings. The predicted molar refractivity (Wildman–Crippen MR) is 68.4 cm³/mol. The fourth-order valence-corrected chi connectivity index (χ4v) is 3.25. The van der Waals surface area contributed by atoms with Gasteiger partial charge in [-0.2, -0.15) is 0 Å². The average molecular weight is 220 g/mol. The van der Waals surface area contributed by atoms with Gasteiger partial charge in [0, 0.05) is 0 Å². The summed E-state index contributed by atoms with van der Waals surface area (Å²) in [5, 5.41) is 0. The fraction of sp³-hybridized carbons (Fsp3) is 0.733. The van der Waals surface area contributed by atoms with Crippen molar-refractivity contribution in [2.24, 2.45) is 11.8 Å². The molecule has 1 spiro atoms. The highest BCUT2D eigenvalue weighted by Crippen LogP contribution is 2.51. The molecule has 0 radical (unpaired) electrons. The minimum absolute atomic E-state index is 0.0133. The van der Waals surface area contributed by atoms with Gasteiger partial charge in [0.25, 0.3) is 0 Å². The largest absolute Gasteiger partial charge is 0.360 e. The van der Waals surface area contributed by atoms with Gasteiger partial charge >= 0.3 is 0 Å². The Bertz CT molecular complexity index is 330. The molecule has 0 N–H and O–H groups in total. The van der Waals surface area contributed by atoms with E-state index in [0.29, 0.717) is 5.92 Å². The van der Waals surface area contributed by atoms with Gasteiger partial charge in [0.1, 0.15) is 0 Å². The lowest BCUT2D eigenvalue weighted by atomic mass is 9.69. The van der Waals surface area contributed by atoms with Gasteiger partial charge in [-0.15, -0.1) is 6.58 Å². The molecule has 1 fully saturated rings. The Morgan fingerprint density at radius 1 is 1.44 bits per heavy atom. The monoisotopic (exact) mass is 220 g/mol. The minimum Gasteiger partial charge on any atom is -0.360 e. The van der Waals surface area contributed by atoms with Crippen LogP contribution in [0.1, 0.15) is 47.0 Å². The highest BCUT2D eigenvalue weighted by molar-refractivity contribution is 5.25. The summed E-state index contributed by atoms with van der Waals surface area (Å²) in [5.74, 6) is 1.33. The van der Waals surface area contributed by atoms with E-state index in [0.717, 1.165) is 18.8 Å². The van der Waals surface area contributed by atoms with Crippen LogP contribution in [0.25, 0.3) is 0 Å². The maximum atomic E-state index is 6.44. The highest BCUT2D eigenvalue weighted by Gasteiger charge is 2.51. The smallest absolute Gasteiger partial charge is 0.0929 e. The van der Waals surface area contributed by atoms with Gasteiger partial charge in [0.05, 0.1) is 11.2 Å². The van der Waals surface area contributed by atoms with Gasteiger partial charge in [0.15, 0.2) is 0 Å². The Morgan fingerprint density at radius 3 is 2.69 bits per heavy atom.